The smallest absolute Gasteiger partial charge is 0.408 e. The summed E-state index contributed by atoms with van der Waals surface area (Å²) in [7, 11) is 1.53. The lowest BCUT2D eigenvalue weighted by molar-refractivity contribution is -0.139. The van der Waals surface area contributed by atoms with Crippen LogP contribution in [-0.2, 0) is 16.0 Å². The Hall–Kier alpha value is -2.24. The Morgan fingerprint density at radius 2 is 2.00 bits per heavy atom. The summed E-state index contributed by atoms with van der Waals surface area (Å²) in [6.07, 6.45) is -0.607. The van der Waals surface area contributed by atoms with Crippen LogP contribution < -0.4 is 10.1 Å². The predicted molar refractivity (Wildman–Crippen MR) is 77.5 cm³/mol. The average Bonchev–Trinajstić information content (AvgIpc) is 2.36. The molecule has 0 heterocycles. The number of aliphatic carboxylic acids is 1. The van der Waals surface area contributed by atoms with Gasteiger partial charge in [0.15, 0.2) is 0 Å². The van der Waals surface area contributed by atoms with Crippen molar-refractivity contribution in [3.8, 4) is 5.75 Å². The highest BCUT2D eigenvalue weighted by Gasteiger charge is 2.24. The van der Waals surface area contributed by atoms with Crippen LogP contribution >= 0.6 is 0 Å². The van der Waals surface area contributed by atoms with Crippen LogP contribution in [-0.4, -0.2) is 35.9 Å². The molecule has 1 rings (SSSR count). The zero-order valence-electron chi connectivity index (χ0n) is 12.7. The number of ether oxygens (including phenoxy) is 2. The molecule has 21 heavy (non-hydrogen) atoms. The van der Waals surface area contributed by atoms with Crippen molar-refractivity contribution in [2.24, 2.45) is 0 Å². The number of hydrogen-bond donors (Lipinski definition) is 2. The van der Waals surface area contributed by atoms with E-state index in [4.69, 9.17) is 9.47 Å². The molecule has 0 aliphatic rings. The third-order valence-electron chi connectivity index (χ3n) is 2.56. The van der Waals surface area contributed by atoms with E-state index in [0.29, 0.717) is 5.75 Å². The highest BCUT2D eigenvalue weighted by atomic mass is 16.6. The normalized spacial score (nSPS) is 12.4. The third-order valence-corrected chi connectivity index (χ3v) is 2.56. The number of carboxylic acids is 1. The first-order valence-electron chi connectivity index (χ1n) is 6.56. The molecule has 0 saturated heterocycles. The molecule has 0 aromatic heterocycles. The maximum atomic E-state index is 11.7. The van der Waals surface area contributed by atoms with Gasteiger partial charge in [0.2, 0.25) is 0 Å². The maximum Gasteiger partial charge on any atom is 0.408 e. The number of rotatable bonds is 5. The number of carbonyl (C=O) groups is 2. The van der Waals surface area contributed by atoms with Gasteiger partial charge < -0.3 is 19.9 Å². The fourth-order valence-electron chi connectivity index (χ4n) is 1.69. The van der Waals surface area contributed by atoms with E-state index in [2.05, 4.69) is 5.32 Å². The second kappa shape index (κ2) is 6.97. The highest BCUT2D eigenvalue weighted by Crippen LogP contribution is 2.14. The molecule has 0 aliphatic carbocycles. The summed E-state index contributed by atoms with van der Waals surface area (Å²) >= 11 is 0. The van der Waals surface area contributed by atoms with Gasteiger partial charge in [-0.25, -0.2) is 9.59 Å². The summed E-state index contributed by atoms with van der Waals surface area (Å²) < 4.78 is 10.1. The van der Waals surface area contributed by atoms with Crippen molar-refractivity contribution in [2.45, 2.75) is 38.8 Å². The summed E-state index contributed by atoms with van der Waals surface area (Å²) in [5.41, 5.74) is 0.0705. The van der Waals surface area contributed by atoms with Crippen LogP contribution in [0, 0.1) is 0 Å². The van der Waals surface area contributed by atoms with Crippen LogP contribution in [0.1, 0.15) is 26.3 Å². The molecule has 1 aromatic carbocycles. The van der Waals surface area contributed by atoms with Crippen LogP contribution in [0.3, 0.4) is 0 Å². The third kappa shape index (κ3) is 6.16. The molecule has 0 aliphatic heterocycles. The zero-order valence-corrected chi connectivity index (χ0v) is 12.7. The largest absolute Gasteiger partial charge is 0.497 e. The molecule has 1 amide bonds. The van der Waals surface area contributed by atoms with Crippen molar-refractivity contribution in [3.05, 3.63) is 29.8 Å². The standard InChI is InChI=1S/C15H21NO5/c1-15(2,3)21-14(19)16-12(13(17)18)9-10-6-5-7-11(8-10)20-4/h5-8,12H,9H2,1-4H3,(H,16,19)(H,17,18). The van der Waals surface area contributed by atoms with E-state index in [0.717, 1.165) is 5.56 Å². The van der Waals surface area contributed by atoms with E-state index in [9.17, 15) is 14.7 Å². The molecular weight excluding hydrogens is 274 g/mol. The molecule has 2 N–H and O–H groups in total. The van der Waals surface area contributed by atoms with Gasteiger partial charge in [-0.3, -0.25) is 0 Å². The molecule has 6 heteroatoms. The number of methoxy groups -OCH3 is 1. The number of amides is 1. The van der Waals surface area contributed by atoms with Crippen molar-refractivity contribution in [1.82, 2.24) is 5.32 Å². The van der Waals surface area contributed by atoms with E-state index in [1.165, 1.54) is 7.11 Å². The fraction of sp³-hybridized carbons (Fsp3) is 0.467. The van der Waals surface area contributed by atoms with Crippen LogP contribution in [0.25, 0.3) is 0 Å². The number of alkyl carbamates (subject to hydrolysis) is 1. The lowest BCUT2D eigenvalue weighted by Crippen LogP contribution is -2.44. The van der Waals surface area contributed by atoms with Gasteiger partial charge in [-0.05, 0) is 38.5 Å². The van der Waals surface area contributed by atoms with Gasteiger partial charge in [-0.15, -0.1) is 0 Å². The molecule has 0 radical (unpaired) electrons. The van der Waals surface area contributed by atoms with Crippen molar-refractivity contribution in [2.75, 3.05) is 7.11 Å². The van der Waals surface area contributed by atoms with E-state index in [1.807, 2.05) is 0 Å². The number of carbonyl (C=O) groups excluding carboxylic acids is 1. The highest BCUT2D eigenvalue weighted by molar-refractivity contribution is 5.80. The second-order valence-corrected chi connectivity index (χ2v) is 5.59. The minimum absolute atomic E-state index is 0.145. The van der Waals surface area contributed by atoms with Crippen molar-refractivity contribution >= 4 is 12.1 Å². The zero-order chi connectivity index (χ0) is 16.0. The summed E-state index contributed by atoms with van der Waals surface area (Å²) in [5, 5.41) is 11.6. The lowest BCUT2D eigenvalue weighted by atomic mass is 10.1. The first kappa shape index (κ1) is 16.8. The minimum atomic E-state index is -1.12. The van der Waals surface area contributed by atoms with Gasteiger partial charge in [0.1, 0.15) is 17.4 Å². The van der Waals surface area contributed by atoms with Crippen LogP contribution in [0.4, 0.5) is 4.79 Å². The minimum Gasteiger partial charge on any atom is -0.497 e. The molecule has 116 valence electrons. The SMILES string of the molecule is COc1cccc(CC(NC(=O)OC(C)(C)C)C(=O)O)c1. The molecule has 1 aromatic rings. The van der Waals surface area contributed by atoms with E-state index < -0.39 is 23.7 Å². The molecule has 0 saturated carbocycles. The maximum absolute atomic E-state index is 11.7. The predicted octanol–water partition coefficient (Wildman–Crippen LogP) is 2.22. The van der Waals surface area contributed by atoms with Gasteiger partial charge in [-0.2, -0.15) is 0 Å². The van der Waals surface area contributed by atoms with Gasteiger partial charge >= 0.3 is 12.1 Å². The van der Waals surface area contributed by atoms with E-state index in [1.54, 1.807) is 45.0 Å². The van der Waals surface area contributed by atoms with Crippen molar-refractivity contribution < 1.29 is 24.2 Å². The van der Waals surface area contributed by atoms with Gasteiger partial charge in [0, 0.05) is 6.42 Å². The number of carboxylic acid groups (broad SMARTS) is 1. The summed E-state index contributed by atoms with van der Waals surface area (Å²) in [5.74, 6) is -0.488. The quantitative estimate of drug-likeness (QED) is 0.870. The Morgan fingerprint density at radius 1 is 1.33 bits per heavy atom. The summed E-state index contributed by atoms with van der Waals surface area (Å²) in [6, 6.07) is 5.97. The van der Waals surface area contributed by atoms with Gasteiger partial charge in [-0.1, -0.05) is 12.1 Å². The van der Waals surface area contributed by atoms with E-state index >= 15 is 0 Å². The fourth-order valence-corrected chi connectivity index (χ4v) is 1.69. The molecule has 6 nitrogen and oxygen atoms in total. The molecule has 0 fully saturated rings. The Kier molecular flexibility index (Phi) is 5.58. The molecule has 0 bridgehead atoms. The summed E-state index contributed by atoms with van der Waals surface area (Å²) in [6.45, 7) is 5.14. The lowest BCUT2D eigenvalue weighted by Gasteiger charge is -2.22. The van der Waals surface area contributed by atoms with Gasteiger partial charge in [0.25, 0.3) is 0 Å². The second-order valence-electron chi connectivity index (χ2n) is 5.59. The number of nitrogens with one attached hydrogen (secondary N) is 1. The monoisotopic (exact) mass is 295 g/mol. The molecule has 1 atom stereocenters. The van der Waals surface area contributed by atoms with E-state index in [-0.39, 0.29) is 6.42 Å². The first-order valence-corrected chi connectivity index (χ1v) is 6.56. The number of hydrogen-bond acceptors (Lipinski definition) is 4. The van der Waals surface area contributed by atoms with Crippen LogP contribution in [0.5, 0.6) is 5.75 Å². The Bertz CT molecular complexity index is 507. The van der Waals surface area contributed by atoms with Crippen LogP contribution in [0.2, 0.25) is 0 Å². The van der Waals surface area contributed by atoms with Crippen molar-refractivity contribution in [3.63, 3.8) is 0 Å². The molecular formula is C15H21NO5. The Morgan fingerprint density at radius 3 is 2.52 bits per heavy atom. The Labute approximate surface area is 124 Å². The average molecular weight is 295 g/mol. The Balaban J connectivity index is 2.74. The topological polar surface area (TPSA) is 84.9 Å². The molecule has 1 unspecified atom stereocenters. The molecule has 0 spiro atoms. The van der Waals surface area contributed by atoms with Crippen LogP contribution in [0.15, 0.2) is 24.3 Å². The van der Waals surface area contributed by atoms with Gasteiger partial charge in [0.05, 0.1) is 7.11 Å². The van der Waals surface area contributed by atoms with Crippen molar-refractivity contribution in [1.29, 1.82) is 0 Å². The number of benzene rings is 1. The first-order chi connectivity index (χ1) is 9.71. The summed E-state index contributed by atoms with van der Waals surface area (Å²) in [4.78, 5) is 22.9.